The van der Waals surface area contributed by atoms with Crippen molar-refractivity contribution < 1.29 is 14.3 Å². The van der Waals surface area contributed by atoms with E-state index in [1.807, 2.05) is 24.3 Å². The van der Waals surface area contributed by atoms with Crippen molar-refractivity contribution in [3.8, 4) is 5.75 Å². The van der Waals surface area contributed by atoms with Crippen LogP contribution in [0.3, 0.4) is 0 Å². The zero-order valence-electron chi connectivity index (χ0n) is 14.4. The van der Waals surface area contributed by atoms with E-state index in [0.717, 1.165) is 5.56 Å². The number of ether oxygens (including phenoxy) is 1. The van der Waals surface area contributed by atoms with Gasteiger partial charge < -0.3 is 4.74 Å². The van der Waals surface area contributed by atoms with E-state index in [0.29, 0.717) is 10.8 Å². The molecule has 2 rings (SSSR count). The number of carbonyl (C=O) groups is 2. The quantitative estimate of drug-likeness (QED) is 0.820. The van der Waals surface area contributed by atoms with Crippen molar-refractivity contribution >= 4 is 23.4 Å². The molecule has 0 bridgehead atoms. The first-order chi connectivity index (χ1) is 11.8. The van der Waals surface area contributed by atoms with Gasteiger partial charge in [0.25, 0.3) is 11.8 Å². The Hall–Kier alpha value is -2.53. The van der Waals surface area contributed by atoms with Gasteiger partial charge in [-0.2, -0.15) is 0 Å². The Kier molecular flexibility index (Phi) is 6.04. The summed E-state index contributed by atoms with van der Waals surface area (Å²) in [4.78, 5) is 23.9. The Balaban J connectivity index is 1.90. The molecule has 0 saturated carbocycles. The monoisotopic (exact) mass is 360 g/mol. The topological polar surface area (TPSA) is 67.4 Å². The molecule has 0 aromatic heterocycles. The van der Waals surface area contributed by atoms with Crippen molar-refractivity contribution in [2.75, 3.05) is 6.61 Å². The van der Waals surface area contributed by atoms with Gasteiger partial charge in [-0.05, 0) is 29.2 Å². The van der Waals surface area contributed by atoms with Crippen LogP contribution in [0, 0.1) is 0 Å². The third kappa shape index (κ3) is 5.22. The molecule has 0 saturated heterocycles. The van der Waals surface area contributed by atoms with Gasteiger partial charge in [-0.25, -0.2) is 0 Å². The Bertz CT molecular complexity index is 769. The lowest BCUT2D eigenvalue weighted by molar-refractivity contribution is -0.123. The van der Waals surface area contributed by atoms with Crippen LogP contribution < -0.4 is 15.6 Å². The molecule has 0 spiro atoms. The molecule has 6 heteroatoms. The molecule has 2 N–H and O–H groups in total. The number of rotatable bonds is 4. The van der Waals surface area contributed by atoms with Crippen LogP contribution in [0.25, 0.3) is 0 Å². The van der Waals surface area contributed by atoms with Gasteiger partial charge in [0.2, 0.25) is 0 Å². The maximum atomic E-state index is 12.0. The summed E-state index contributed by atoms with van der Waals surface area (Å²) in [5.74, 6) is -0.319. The smallest absolute Gasteiger partial charge is 0.276 e. The third-order valence-electron chi connectivity index (χ3n) is 3.49. The second-order valence-corrected chi connectivity index (χ2v) is 6.92. The molecule has 0 atom stereocenters. The summed E-state index contributed by atoms with van der Waals surface area (Å²) in [5, 5.41) is 0.310. The van der Waals surface area contributed by atoms with E-state index < -0.39 is 11.8 Å². The van der Waals surface area contributed by atoms with Gasteiger partial charge in [0.1, 0.15) is 5.75 Å². The average Bonchev–Trinajstić information content (AvgIpc) is 2.57. The number of para-hydroxylation sites is 1. The summed E-state index contributed by atoms with van der Waals surface area (Å²) in [7, 11) is 0. The van der Waals surface area contributed by atoms with Crippen LogP contribution in [0.2, 0.25) is 5.02 Å². The van der Waals surface area contributed by atoms with E-state index in [-0.39, 0.29) is 17.6 Å². The fraction of sp³-hybridized carbons (Fsp3) is 0.263. The molecule has 0 radical (unpaired) electrons. The Morgan fingerprint density at radius 2 is 1.64 bits per heavy atom. The van der Waals surface area contributed by atoms with Gasteiger partial charge in [0, 0.05) is 0 Å². The molecule has 0 heterocycles. The SMILES string of the molecule is CC(C)(C)c1ccccc1OCC(=O)NNC(=O)c1ccccc1Cl. The molecular weight excluding hydrogens is 340 g/mol. The van der Waals surface area contributed by atoms with E-state index in [4.69, 9.17) is 16.3 Å². The second kappa shape index (κ2) is 8.03. The highest BCUT2D eigenvalue weighted by Gasteiger charge is 2.19. The predicted molar refractivity (Wildman–Crippen MR) is 97.7 cm³/mol. The zero-order chi connectivity index (χ0) is 18.4. The average molecular weight is 361 g/mol. The third-order valence-corrected chi connectivity index (χ3v) is 3.82. The summed E-state index contributed by atoms with van der Waals surface area (Å²) in [5.41, 5.74) is 5.81. The van der Waals surface area contributed by atoms with Crippen molar-refractivity contribution in [1.29, 1.82) is 0 Å². The lowest BCUT2D eigenvalue weighted by atomic mass is 9.86. The van der Waals surface area contributed by atoms with Crippen LogP contribution in [0.15, 0.2) is 48.5 Å². The fourth-order valence-electron chi connectivity index (χ4n) is 2.23. The maximum Gasteiger partial charge on any atom is 0.276 e. The zero-order valence-corrected chi connectivity index (χ0v) is 15.2. The molecule has 2 aromatic carbocycles. The number of carbonyl (C=O) groups excluding carboxylic acids is 2. The Morgan fingerprint density at radius 3 is 2.32 bits per heavy atom. The molecule has 0 aliphatic carbocycles. The number of nitrogens with one attached hydrogen (secondary N) is 2. The number of amides is 2. The standard InChI is InChI=1S/C19H21ClN2O3/c1-19(2,3)14-9-5-7-11-16(14)25-12-17(23)21-22-18(24)13-8-4-6-10-15(13)20/h4-11H,12H2,1-3H3,(H,21,23)(H,22,24). The minimum absolute atomic E-state index is 0.106. The predicted octanol–water partition coefficient (Wildman–Crippen LogP) is 3.48. The van der Waals surface area contributed by atoms with Crippen LogP contribution in [-0.4, -0.2) is 18.4 Å². The fourth-order valence-corrected chi connectivity index (χ4v) is 2.45. The van der Waals surface area contributed by atoms with Crippen LogP contribution in [0.5, 0.6) is 5.75 Å². The number of benzene rings is 2. The van der Waals surface area contributed by atoms with E-state index in [1.165, 1.54) is 0 Å². The van der Waals surface area contributed by atoms with E-state index in [2.05, 4.69) is 31.6 Å². The van der Waals surface area contributed by atoms with E-state index in [9.17, 15) is 9.59 Å². The molecule has 2 amide bonds. The normalized spacial score (nSPS) is 10.9. The summed E-state index contributed by atoms with van der Waals surface area (Å²) in [6, 6.07) is 14.1. The van der Waals surface area contributed by atoms with Gasteiger partial charge >= 0.3 is 0 Å². The lowest BCUT2D eigenvalue weighted by Crippen LogP contribution is -2.44. The van der Waals surface area contributed by atoms with Crippen molar-refractivity contribution in [2.24, 2.45) is 0 Å². The molecule has 25 heavy (non-hydrogen) atoms. The van der Waals surface area contributed by atoms with E-state index >= 15 is 0 Å². The second-order valence-electron chi connectivity index (χ2n) is 6.52. The van der Waals surface area contributed by atoms with E-state index in [1.54, 1.807) is 24.3 Å². The van der Waals surface area contributed by atoms with Crippen molar-refractivity contribution in [3.05, 3.63) is 64.7 Å². The summed E-state index contributed by atoms with van der Waals surface area (Å²) < 4.78 is 5.60. The van der Waals surface area contributed by atoms with Crippen LogP contribution >= 0.6 is 11.6 Å². The Labute approximate surface area is 152 Å². The molecule has 0 fully saturated rings. The molecule has 0 aliphatic heterocycles. The molecule has 5 nitrogen and oxygen atoms in total. The highest BCUT2D eigenvalue weighted by atomic mass is 35.5. The van der Waals surface area contributed by atoms with Crippen LogP contribution in [-0.2, 0) is 10.2 Å². The van der Waals surface area contributed by atoms with Gasteiger partial charge in [-0.1, -0.05) is 62.7 Å². The number of hydrogen-bond acceptors (Lipinski definition) is 3. The highest BCUT2D eigenvalue weighted by Crippen LogP contribution is 2.30. The first-order valence-electron chi connectivity index (χ1n) is 7.85. The first kappa shape index (κ1) is 18.8. The van der Waals surface area contributed by atoms with Gasteiger partial charge in [-0.15, -0.1) is 0 Å². The summed E-state index contributed by atoms with van der Waals surface area (Å²) >= 11 is 5.94. The summed E-state index contributed by atoms with van der Waals surface area (Å²) in [6.07, 6.45) is 0. The minimum atomic E-state index is -0.492. The first-order valence-corrected chi connectivity index (χ1v) is 8.23. The Morgan fingerprint density at radius 1 is 1.00 bits per heavy atom. The van der Waals surface area contributed by atoms with Gasteiger partial charge in [0.15, 0.2) is 6.61 Å². The minimum Gasteiger partial charge on any atom is -0.483 e. The van der Waals surface area contributed by atoms with Crippen LogP contribution in [0.1, 0.15) is 36.7 Å². The maximum absolute atomic E-state index is 12.0. The lowest BCUT2D eigenvalue weighted by Gasteiger charge is -2.22. The molecule has 0 unspecified atom stereocenters. The van der Waals surface area contributed by atoms with Crippen molar-refractivity contribution in [2.45, 2.75) is 26.2 Å². The van der Waals surface area contributed by atoms with Crippen LogP contribution in [0.4, 0.5) is 0 Å². The number of halogens is 1. The molecule has 132 valence electrons. The van der Waals surface area contributed by atoms with Gasteiger partial charge in [0.05, 0.1) is 10.6 Å². The largest absolute Gasteiger partial charge is 0.483 e. The molecule has 2 aromatic rings. The van der Waals surface area contributed by atoms with Crippen molar-refractivity contribution in [1.82, 2.24) is 10.9 Å². The van der Waals surface area contributed by atoms with Gasteiger partial charge in [-0.3, -0.25) is 20.4 Å². The van der Waals surface area contributed by atoms with Crippen molar-refractivity contribution in [3.63, 3.8) is 0 Å². The summed E-state index contributed by atoms with van der Waals surface area (Å²) in [6.45, 7) is 5.99. The number of hydrazine groups is 1. The number of hydrogen-bond donors (Lipinski definition) is 2. The molecule has 0 aliphatic rings. The molecular formula is C19H21ClN2O3. The highest BCUT2D eigenvalue weighted by molar-refractivity contribution is 6.33.